The van der Waals surface area contributed by atoms with Gasteiger partial charge < -0.3 is 10.2 Å². The summed E-state index contributed by atoms with van der Waals surface area (Å²) in [6.45, 7) is 2.12. The molecule has 0 aliphatic rings. The first-order chi connectivity index (χ1) is 11.2. The molecule has 2 N–H and O–H groups in total. The fourth-order valence-electron chi connectivity index (χ4n) is 2.48. The van der Waals surface area contributed by atoms with Gasteiger partial charge in [0.2, 0.25) is 0 Å². The topological polar surface area (TPSA) is 57.5 Å². The van der Waals surface area contributed by atoms with Gasteiger partial charge >= 0.3 is 5.97 Å². The van der Waals surface area contributed by atoms with E-state index in [0.717, 1.165) is 51.4 Å². The highest BCUT2D eigenvalue weighted by Gasteiger charge is 1.99. The maximum atomic E-state index is 10.4. The van der Waals surface area contributed by atoms with Gasteiger partial charge in [0.25, 0.3) is 0 Å². The molecule has 0 fully saturated rings. The number of hydrogen-bond donors (Lipinski definition) is 2. The van der Waals surface area contributed by atoms with E-state index in [0.29, 0.717) is 6.42 Å². The second-order valence-electron chi connectivity index (χ2n) is 6.23. The first kappa shape index (κ1) is 21.9. The highest BCUT2D eigenvalue weighted by atomic mass is 16.4. The predicted octanol–water partition coefficient (Wildman–Crippen LogP) is 5.64. The average molecular weight is 325 g/mol. The number of aliphatic hydroxyl groups is 1. The SMILES string of the molecule is CCC=CCCC(O)C/C=C\CCCCCCCCCC(=O)O. The Kier molecular flexibility index (Phi) is 16.4. The summed E-state index contributed by atoms with van der Waals surface area (Å²) in [6.07, 6.45) is 21.4. The number of allylic oxidation sites excluding steroid dienone is 3. The molecule has 134 valence electrons. The standard InChI is InChI=1S/C20H36O3/c1-2-3-4-13-16-19(21)17-14-11-9-7-5-6-8-10-12-15-18-20(22)23/h3-4,11,14,19,21H,2,5-10,12-13,15-18H2,1H3,(H,22,23)/b4-3?,14-11-. The highest BCUT2D eigenvalue weighted by Crippen LogP contribution is 2.10. The van der Waals surface area contributed by atoms with Gasteiger partial charge in [0.05, 0.1) is 6.10 Å². The lowest BCUT2D eigenvalue weighted by Gasteiger charge is -2.05. The minimum absolute atomic E-state index is 0.210. The molecule has 0 saturated carbocycles. The van der Waals surface area contributed by atoms with E-state index in [1.807, 2.05) is 0 Å². The number of carboxylic acids is 1. The zero-order valence-electron chi connectivity index (χ0n) is 14.9. The summed E-state index contributed by atoms with van der Waals surface area (Å²) in [4.78, 5) is 10.4. The minimum atomic E-state index is -0.681. The molecule has 0 aromatic heterocycles. The molecule has 0 aromatic rings. The number of aliphatic hydroxyl groups excluding tert-OH is 1. The van der Waals surface area contributed by atoms with Gasteiger partial charge in [-0.1, -0.05) is 63.3 Å². The molecule has 3 nitrogen and oxygen atoms in total. The van der Waals surface area contributed by atoms with E-state index < -0.39 is 5.97 Å². The maximum Gasteiger partial charge on any atom is 0.303 e. The van der Waals surface area contributed by atoms with Crippen molar-refractivity contribution in [3.05, 3.63) is 24.3 Å². The zero-order chi connectivity index (χ0) is 17.2. The largest absolute Gasteiger partial charge is 0.481 e. The van der Waals surface area contributed by atoms with Crippen LogP contribution in [0, 0.1) is 0 Å². The zero-order valence-corrected chi connectivity index (χ0v) is 14.9. The Morgan fingerprint density at radius 2 is 1.48 bits per heavy atom. The van der Waals surface area contributed by atoms with E-state index in [1.165, 1.54) is 25.7 Å². The van der Waals surface area contributed by atoms with Gasteiger partial charge in [0.1, 0.15) is 0 Å². The molecule has 0 heterocycles. The molecule has 0 spiro atoms. The first-order valence-electron chi connectivity index (χ1n) is 9.36. The van der Waals surface area contributed by atoms with E-state index in [4.69, 9.17) is 5.11 Å². The molecule has 0 radical (unpaired) electrons. The molecule has 0 rings (SSSR count). The predicted molar refractivity (Wildman–Crippen MR) is 97.6 cm³/mol. The third kappa shape index (κ3) is 18.9. The molecule has 0 aliphatic carbocycles. The number of carbonyl (C=O) groups is 1. The Balaban J connectivity index is 3.27. The van der Waals surface area contributed by atoms with Crippen molar-refractivity contribution >= 4 is 5.97 Å². The van der Waals surface area contributed by atoms with Gasteiger partial charge in [0.15, 0.2) is 0 Å². The molecule has 0 saturated heterocycles. The molecule has 0 aromatic carbocycles. The van der Waals surface area contributed by atoms with E-state index in [9.17, 15) is 9.90 Å². The van der Waals surface area contributed by atoms with Crippen molar-refractivity contribution in [1.82, 2.24) is 0 Å². The van der Waals surface area contributed by atoms with Gasteiger partial charge in [-0.05, 0) is 44.9 Å². The molecule has 0 bridgehead atoms. The molecule has 3 heteroatoms. The van der Waals surface area contributed by atoms with Crippen molar-refractivity contribution in [2.24, 2.45) is 0 Å². The van der Waals surface area contributed by atoms with Crippen molar-refractivity contribution in [3.8, 4) is 0 Å². The number of carboxylic acid groups (broad SMARTS) is 1. The molecule has 1 atom stereocenters. The van der Waals surface area contributed by atoms with Crippen LogP contribution in [-0.2, 0) is 4.79 Å². The maximum absolute atomic E-state index is 10.4. The lowest BCUT2D eigenvalue weighted by Crippen LogP contribution is -2.03. The number of aliphatic carboxylic acids is 1. The molecule has 1 unspecified atom stereocenters. The van der Waals surface area contributed by atoms with Crippen LogP contribution in [0.3, 0.4) is 0 Å². The third-order valence-electron chi connectivity index (χ3n) is 3.91. The van der Waals surface area contributed by atoms with Crippen LogP contribution in [0.15, 0.2) is 24.3 Å². The summed E-state index contributed by atoms with van der Waals surface area (Å²) in [6, 6.07) is 0. The molecular weight excluding hydrogens is 288 g/mol. The summed E-state index contributed by atoms with van der Waals surface area (Å²) in [5.41, 5.74) is 0. The summed E-state index contributed by atoms with van der Waals surface area (Å²) in [5.74, 6) is -0.681. The van der Waals surface area contributed by atoms with Crippen LogP contribution in [0.4, 0.5) is 0 Å². The Labute approximate surface area is 142 Å². The molecule has 23 heavy (non-hydrogen) atoms. The van der Waals surface area contributed by atoms with Gasteiger partial charge in [-0.25, -0.2) is 0 Å². The van der Waals surface area contributed by atoms with Crippen molar-refractivity contribution < 1.29 is 15.0 Å². The lowest BCUT2D eigenvalue weighted by molar-refractivity contribution is -0.137. The van der Waals surface area contributed by atoms with Crippen LogP contribution in [0.25, 0.3) is 0 Å². The normalized spacial score (nSPS) is 13.1. The second kappa shape index (κ2) is 17.3. The smallest absolute Gasteiger partial charge is 0.303 e. The second-order valence-corrected chi connectivity index (χ2v) is 6.23. The summed E-state index contributed by atoms with van der Waals surface area (Å²) >= 11 is 0. The molecule has 0 aliphatic heterocycles. The van der Waals surface area contributed by atoms with E-state index in [1.54, 1.807) is 0 Å². The number of unbranched alkanes of at least 4 members (excludes halogenated alkanes) is 7. The Morgan fingerprint density at radius 1 is 0.870 bits per heavy atom. The van der Waals surface area contributed by atoms with Gasteiger partial charge in [-0.3, -0.25) is 4.79 Å². The third-order valence-corrected chi connectivity index (χ3v) is 3.91. The van der Waals surface area contributed by atoms with Crippen molar-refractivity contribution in [3.63, 3.8) is 0 Å². The summed E-state index contributed by atoms with van der Waals surface area (Å²) < 4.78 is 0. The van der Waals surface area contributed by atoms with Crippen LogP contribution in [-0.4, -0.2) is 22.3 Å². The van der Waals surface area contributed by atoms with Crippen LogP contribution < -0.4 is 0 Å². The van der Waals surface area contributed by atoms with E-state index >= 15 is 0 Å². The first-order valence-corrected chi connectivity index (χ1v) is 9.36. The van der Waals surface area contributed by atoms with Crippen LogP contribution in [0.5, 0.6) is 0 Å². The Morgan fingerprint density at radius 3 is 2.13 bits per heavy atom. The van der Waals surface area contributed by atoms with Crippen LogP contribution >= 0.6 is 0 Å². The average Bonchev–Trinajstić information content (AvgIpc) is 2.52. The van der Waals surface area contributed by atoms with Crippen LogP contribution in [0.1, 0.15) is 90.4 Å². The fourth-order valence-corrected chi connectivity index (χ4v) is 2.48. The van der Waals surface area contributed by atoms with Crippen LogP contribution in [0.2, 0.25) is 0 Å². The van der Waals surface area contributed by atoms with Crippen molar-refractivity contribution in [2.45, 2.75) is 96.5 Å². The van der Waals surface area contributed by atoms with E-state index in [-0.39, 0.29) is 6.10 Å². The number of hydrogen-bond acceptors (Lipinski definition) is 2. The summed E-state index contributed by atoms with van der Waals surface area (Å²) in [7, 11) is 0. The van der Waals surface area contributed by atoms with E-state index in [2.05, 4.69) is 31.2 Å². The summed E-state index contributed by atoms with van der Waals surface area (Å²) in [5, 5.41) is 18.3. The fraction of sp³-hybridized carbons (Fsp3) is 0.750. The molecule has 0 amide bonds. The Hall–Kier alpha value is -1.09. The van der Waals surface area contributed by atoms with Gasteiger partial charge in [0, 0.05) is 6.42 Å². The quantitative estimate of drug-likeness (QED) is 0.285. The van der Waals surface area contributed by atoms with Crippen molar-refractivity contribution in [2.75, 3.05) is 0 Å². The van der Waals surface area contributed by atoms with Gasteiger partial charge in [-0.15, -0.1) is 0 Å². The van der Waals surface area contributed by atoms with Crippen molar-refractivity contribution in [1.29, 1.82) is 0 Å². The van der Waals surface area contributed by atoms with Gasteiger partial charge in [-0.2, -0.15) is 0 Å². The molecular formula is C20H36O3. The highest BCUT2D eigenvalue weighted by molar-refractivity contribution is 5.66. The monoisotopic (exact) mass is 324 g/mol. The lowest BCUT2D eigenvalue weighted by atomic mass is 10.1. The Bertz CT molecular complexity index is 321. The minimum Gasteiger partial charge on any atom is -0.481 e. The number of rotatable bonds is 16.